The second-order valence-electron chi connectivity index (χ2n) is 7.45. The Kier molecular flexibility index (Phi) is 7.11. The molecule has 0 saturated heterocycles. The summed E-state index contributed by atoms with van der Waals surface area (Å²) in [6, 6.07) is 6.78. The molecule has 4 rings (SSSR count). The topological polar surface area (TPSA) is 113 Å². The van der Waals surface area contributed by atoms with E-state index in [2.05, 4.69) is 25.3 Å². The van der Waals surface area contributed by atoms with Gasteiger partial charge < -0.3 is 15.0 Å². The van der Waals surface area contributed by atoms with E-state index >= 15 is 0 Å². The van der Waals surface area contributed by atoms with Gasteiger partial charge in [-0.15, -0.1) is 11.3 Å². The summed E-state index contributed by atoms with van der Waals surface area (Å²) in [6.07, 6.45) is 4.11. The van der Waals surface area contributed by atoms with Crippen molar-refractivity contribution >= 4 is 56.7 Å². The first-order chi connectivity index (χ1) is 15.5. The van der Waals surface area contributed by atoms with Crippen molar-refractivity contribution < 1.29 is 14.3 Å². The number of nitrogens with zero attached hydrogens (tertiary/aromatic N) is 1. The highest BCUT2D eigenvalue weighted by molar-refractivity contribution is 7.98. The van der Waals surface area contributed by atoms with Crippen LogP contribution in [-0.4, -0.2) is 34.8 Å². The molecule has 2 amide bonds. The van der Waals surface area contributed by atoms with Gasteiger partial charge in [0.05, 0.1) is 18.2 Å². The SMILES string of the molecule is COC(=O)Nc1ccc(NC(=O)CCSCc2nc3sc4c(c3c(=O)[nH]2)CCCC4)cc1. The third-order valence-electron chi connectivity index (χ3n) is 5.19. The van der Waals surface area contributed by atoms with Crippen LogP contribution in [0.15, 0.2) is 29.1 Å². The number of aromatic nitrogens is 2. The van der Waals surface area contributed by atoms with Crippen LogP contribution in [0.3, 0.4) is 0 Å². The summed E-state index contributed by atoms with van der Waals surface area (Å²) >= 11 is 3.20. The van der Waals surface area contributed by atoms with Crippen molar-refractivity contribution in [3.8, 4) is 0 Å². The van der Waals surface area contributed by atoms with Gasteiger partial charge in [-0.2, -0.15) is 11.8 Å². The molecule has 0 aliphatic heterocycles. The van der Waals surface area contributed by atoms with E-state index in [0.717, 1.165) is 29.5 Å². The van der Waals surface area contributed by atoms with Crippen molar-refractivity contribution in [2.45, 2.75) is 37.9 Å². The average molecular weight is 473 g/mol. The highest BCUT2D eigenvalue weighted by Gasteiger charge is 2.19. The molecule has 168 valence electrons. The van der Waals surface area contributed by atoms with Crippen molar-refractivity contribution in [2.75, 3.05) is 23.5 Å². The number of anilines is 2. The van der Waals surface area contributed by atoms with Crippen LogP contribution in [0.1, 0.15) is 35.5 Å². The molecule has 0 saturated carbocycles. The van der Waals surface area contributed by atoms with Crippen molar-refractivity contribution in [1.29, 1.82) is 0 Å². The summed E-state index contributed by atoms with van der Waals surface area (Å²) in [5, 5.41) is 6.15. The van der Waals surface area contributed by atoms with Crippen molar-refractivity contribution in [3.05, 3.63) is 50.9 Å². The Hall–Kier alpha value is -2.85. The molecule has 0 spiro atoms. The van der Waals surface area contributed by atoms with E-state index in [1.807, 2.05) is 0 Å². The summed E-state index contributed by atoms with van der Waals surface area (Å²) in [5.74, 6) is 1.71. The number of H-pyrrole nitrogens is 1. The number of thioether (sulfide) groups is 1. The minimum Gasteiger partial charge on any atom is -0.453 e. The number of aromatic amines is 1. The fourth-order valence-electron chi connectivity index (χ4n) is 3.64. The van der Waals surface area contributed by atoms with Gasteiger partial charge in [0.15, 0.2) is 0 Å². The Labute approximate surface area is 193 Å². The zero-order valence-corrected chi connectivity index (χ0v) is 19.3. The van der Waals surface area contributed by atoms with Crippen LogP contribution < -0.4 is 16.2 Å². The molecule has 1 aromatic carbocycles. The van der Waals surface area contributed by atoms with E-state index in [4.69, 9.17) is 0 Å². The third kappa shape index (κ3) is 5.31. The number of carbonyl (C=O) groups excluding carboxylic acids is 2. The van der Waals surface area contributed by atoms with E-state index in [0.29, 0.717) is 35.1 Å². The van der Waals surface area contributed by atoms with E-state index < -0.39 is 6.09 Å². The Morgan fingerprint density at radius 3 is 2.62 bits per heavy atom. The summed E-state index contributed by atoms with van der Waals surface area (Å²) in [4.78, 5) is 45.7. The first-order valence-corrected chi connectivity index (χ1v) is 12.4. The molecule has 8 nitrogen and oxygen atoms in total. The van der Waals surface area contributed by atoms with Gasteiger partial charge in [0.2, 0.25) is 5.91 Å². The van der Waals surface area contributed by atoms with E-state index in [-0.39, 0.29) is 11.5 Å². The number of carbonyl (C=O) groups is 2. The zero-order chi connectivity index (χ0) is 22.5. The number of aryl methyl sites for hydroxylation is 2. The normalized spacial score (nSPS) is 12.9. The fourth-order valence-corrected chi connectivity index (χ4v) is 5.72. The van der Waals surface area contributed by atoms with Crippen LogP contribution in [0, 0.1) is 0 Å². The molecule has 1 aliphatic carbocycles. The molecule has 32 heavy (non-hydrogen) atoms. The molecule has 0 bridgehead atoms. The smallest absolute Gasteiger partial charge is 0.411 e. The molecule has 0 radical (unpaired) electrons. The summed E-state index contributed by atoms with van der Waals surface area (Å²) in [6.45, 7) is 0. The first kappa shape index (κ1) is 22.3. The molecule has 1 aliphatic rings. The van der Waals surface area contributed by atoms with Crippen molar-refractivity contribution in [2.24, 2.45) is 0 Å². The molecule has 2 aromatic heterocycles. The highest BCUT2D eigenvalue weighted by Crippen LogP contribution is 2.33. The largest absolute Gasteiger partial charge is 0.453 e. The number of hydrogen-bond acceptors (Lipinski definition) is 7. The number of benzene rings is 1. The van der Waals surface area contributed by atoms with Crippen molar-refractivity contribution in [1.82, 2.24) is 9.97 Å². The third-order valence-corrected chi connectivity index (χ3v) is 7.34. The number of methoxy groups -OCH3 is 1. The Morgan fingerprint density at radius 2 is 1.88 bits per heavy atom. The lowest BCUT2D eigenvalue weighted by atomic mass is 9.97. The number of thiophene rings is 1. The first-order valence-electron chi connectivity index (χ1n) is 10.4. The maximum absolute atomic E-state index is 12.6. The fraction of sp³-hybridized carbons (Fsp3) is 0.364. The number of ether oxygens (including phenoxy) is 1. The lowest BCUT2D eigenvalue weighted by Crippen LogP contribution is -2.14. The number of nitrogens with one attached hydrogen (secondary N) is 3. The number of fused-ring (bicyclic) bond motifs is 3. The summed E-state index contributed by atoms with van der Waals surface area (Å²) in [5.41, 5.74) is 2.37. The van der Waals surface area contributed by atoms with Crippen LogP contribution in [0.2, 0.25) is 0 Å². The van der Waals surface area contributed by atoms with E-state index in [9.17, 15) is 14.4 Å². The minimum atomic E-state index is -0.549. The van der Waals surface area contributed by atoms with Gasteiger partial charge in [0.25, 0.3) is 5.56 Å². The van der Waals surface area contributed by atoms with Gasteiger partial charge in [-0.3, -0.25) is 14.9 Å². The predicted octanol–water partition coefficient (Wildman–Crippen LogP) is 4.30. The molecule has 3 aromatic rings. The monoisotopic (exact) mass is 472 g/mol. The van der Waals surface area contributed by atoms with Gasteiger partial charge in [0.1, 0.15) is 10.7 Å². The molecule has 10 heteroatoms. The Bertz CT molecular complexity index is 1190. The van der Waals surface area contributed by atoms with Crippen molar-refractivity contribution in [3.63, 3.8) is 0 Å². The lowest BCUT2D eigenvalue weighted by Gasteiger charge is -2.09. The van der Waals surface area contributed by atoms with Gasteiger partial charge >= 0.3 is 6.09 Å². The average Bonchev–Trinajstić information content (AvgIpc) is 3.17. The standard InChI is InChI=1S/C22H24N4O4S2/c1-30-22(29)24-14-8-6-13(7-9-14)23-18(27)10-11-31-12-17-25-20(28)19-15-4-2-3-5-16(15)32-21(19)26-17/h6-9H,2-5,10-12H2,1H3,(H,23,27)(H,24,29)(H,25,26,28). The maximum Gasteiger partial charge on any atom is 0.411 e. The number of hydrogen-bond donors (Lipinski definition) is 3. The molecule has 3 N–H and O–H groups in total. The van der Waals surface area contributed by atoms with E-state index in [1.54, 1.807) is 47.4 Å². The summed E-state index contributed by atoms with van der Waals surface area (Å²) in [7, 11) is 1.29. The lowest BCUT2D eigenvalue weighted by molar-refractivity contribution is -0.115. The van der Waals surface area contributed by atoms with Crippen LogP contribution in [0.4, 0.5) is 16.2 Å². The highest BCUT2D eigenvalue weighted by atomic mass is 32.2. The Balaban J connectivity index is 1.26. The zero-order valence-electron chi connectivity index (χ0n) is 17.7. The van der Waals surface area contributed by atoms with Gasteiger partial charge in [-0.25, -0.2) is 9.78 Å². The number of rotatable bonds is 7. The molecular weight excluding hydrogens is 448 g/mol. The van der Waals surface area contributed by atoms with Crippen LogP contribution in [-0.2, 0) is 28.1 Å². The summed E-state index contributed by atoms with van der Waals surface area (Å²) < 4.78 is 4.54. The molecule has 0 atom stereocenters. The second-order valence-corrected chi connectivity index (χ2v) is 9.64. The van der Waals surface area contributed by atoms with Gasteiger partial charge in [-0.05, 0) is 55.5 Å². The van der Waals surface area contributed by atoms with Crippen LogP contribution in [0.25, 0.3) is 10.2 Å². The second kappa shape index (κ2) is 10.2. The quantitative estimate of drug-likeness (QED) is 0.442. The molecular formula is C22H24N4O4S2. The number of amides is 2. The van der Waals surface area contributed by atoms with E-state index in [1.165, 1.54) is 24.0 Å². The predicted molar refractivity (Wildman–Crippen MR) is 129 cm³/mol. The Morgan fingerprint density at radius 1 is 1.16 bits per heavy atom. The molecule has 2 heterocycles. The van der Waals surface area contributed by atoms with Gasteiger partial charge in [-0.1, -0.05) is 0 Å². The van der Waals surface area contributed by atoms with Gasteiger partial charge in [0, 0.05) is 28.4 Å². The maximum atomic E-state index is 12.6. The van der Waals surface area contributed by atoms with Crippen LogP contribution in [0.5, 0.6) is 0 Å². The minimum absolute atomic E-state index is 0.0483. The molecule has 0 fully saturated rings. The van der Waals surface area contributed by atoms with Crippen LogP contribution >= 0.6 is 23.1 Å². The molecule has 0 unspecified atom stereocenters.